The molecule has 0 amide bonds. The van der Waals surface area contributed by atoms with Gasteiger partial charge in [0.15, 0.2) is 6.10 Å². The zero-order chi connectivity index (χ0) is 11.3. The Morgan fingerprint density at radius 3 is 2.67 bits per heavy atom. The number of ether oxygens (including phenoxy) is 2. The lowest BCUT2D eigenvalue weighted by atomic mass is 9.99. The first-order chi connectivity index (χ1) is 7.14. The van der Waals surface area contributed by atoms with Gasteiger partial charge in [-0.15, -0.1) is 0 Å². The molecule has 1 aliphatic heterocycles. The van der Waals surface area contributed by atoms with Gasteiger partial charge in [0, 0.05) is 0 Å². The van der Waals surface area contributed by atoms with Crippen LogP contribution in [-0.4, -0.2) is 24.3 Å². The van der Waals surface area contributed by atoms with Crippen LogP contribution in [0.2, 0.25) is 0 Å². The van der Waals surface area contributed by atoms with Gasteiger partial charge in [0.05, 0.1) is 6.61 Å². The molecule has 0 saturated carbocycles. The highest BCUT2D eigenvalue weighted by Gasteiger charge is 2.57. The van der Waals surface area contributed by atoms with Crippen LogP contribution in [0.3, 0.4) is 0 Å². The molecular formula is C12H22O3. The minimum Gasteiger partial charge on any atom is -0.464 e. The molecule has 0 aromatic rings. The van der Waals surface area contributed by atoms with Gasteiger partial charge in [0.1, 0.15) is 5.60 Å². The molecule has 0 aromatic carbocycles. The number of hydrogen-bond acceptors (Lipinski definition) is 3. The summed E-state index contributed by atoms with van der Waals surface area (Å²) in [6, 6.07) is 0. The molecule has 0 aliphatic carbocycles. The first-order valence-electron chi connectivity index (χ1n) is 5.98. The fourth-order valence-electron chi connectivity index (χ4n) is 1.84. The Kier molecular flexibility index (Phi) is 4.58. The van der Waals surface area contributed by atoms with Crippen LogP contribution in [0.4, 0.5) is 0 Å². The number of carbonyl (C=O) groups is 1. The summed E-state index contributed by atoms with van der Waals surface area (Å²) in [5, 5.41) is 0. The van der Waals surface area contributed by atoms with E-state index in [1.165, 1.54) is 19.3 Å². The fourth-order valence-corrected chi connectivity index (χ4v) is 1.84. The van der Waals surface area contributed by atoms with Crippen LogP contribution in [0, 0.1) is 0 Å². The largest absolute Gasteiger partial charge is 0.464 e. The van der Waals surface area contributed by atoms with E-state index < -0.39 is 0 Å². The van der Waals surface area contributed by atoms with Crippen molar-refractivity contribution in [1.82, 2.24) is 0 Å². The molecule has 2 unspecified atom stereocenters. The lowest BCUT2D eigenvalue weighted by molar-refractivity contribution is -0.144. The molecule has 3 nitrogen and oxygen atoms in total. The van der Waals surface area contributed by atoms with E-state index in [-0.39, 0.29) is 17.7 Å². The lowest BCUT2D eigenvalue weighted by Gasteiger charge is -2.05. The topological polar surface area (TPSA) is 38.8 Å². The Balaban J connectivity index is 2.17. The van der Waals surface area contributed by atoms with E-state index in [9.17, 15) is 4.79 Å². The maximum absolute atomic E-state index is 11.4. The van der Waals surface area contributed by atoms with E-state index in [2.05, 4.69) is 6.92 Å². The first kappa shape index (κ1) is 12.5. The normalized spacial score (nSPS) is 28.9. The van der Waals surface area contributed by atoms with Crippen molar-refractivity contribution < 1.29 is 14.3 Å². The number of epoxide rings is 1. The second kappa shape index (κ2) is 5.50. The van der Waals surface area contributed by atoms with Crippen molar-refractivity contribution in [3.63, 3.8) is 0 Å². The summed E-state index contributed by atoms with van der Waals surface area (Å²) in [6.07, 6.45) is 5.53. The number of hydrogen-bond donors (Lipinski definition) is 0. The van der Waals surface area contributed by atoms with Crippen molar-refractivity contribution in [3.05, 3.63) is 0 Å². The monoisotopic (exact) mass is 214 g/mol. The third kappa shape index (κ3) is 3.49. The molecule has 0 spiro atoms. The summed E-state index contributed by atoms with van der Waals surface area (Å²) in [7, 11) is 0. The Morgan fingerprint density at radius 1 is 1.33 bits per heavy atom. The zero-order valence-corrected chi connectivity index (χ0v) is 10.0. The van der Waals surface area contributed by atoms with Crippen LogP contribution in [0.5, 0.6) is 0 Å². The van der Waals surface area contributed by atoms with Crippen LogP contribution < -0.4 is 0 Å². The number of unbranched alkanes of at least 4 members (excludes halogenated alkanes) is 3. The second-order valence-corrected chi connectivity index (χ2v) is 4.37. The molecule has 15 heavy (non-hydrogen) atoms. The van der Waals surface area contributed by atoms with Crippen LogP contribution >= 0.6 is 0 Å². The van der Waals surface area contributed by atoms with Crippen molar-refractivity contribution in [2.45, 2.75) is 64.6 Å². The predicted molar refractivity (Wildman–Crippen MR) is 58.7 cm³/mol. The highest BCUT2D eigenvalue weighted by atomic mass is 16.7. The van der Waals surface area contributed by atoms with Crippen molar-refractivity contribution in [2.75, 3.05) is 6.61 Å². The summed E-state index contributed by atoms with van der Waals surface area (Å²) in [4.78, 5) is 11.4. The number of rotatable bonds is 7. The van der Waals surface area contributed by atoms with Gasteiger partial charge in [-0.1, -0.05) is 32.6 Å². The van der Waals surface area contributed by atoms with Crippen molar-refractivity contribution in [2.24, 2.45) is 0 Å². The third-order valence-electron chi connectivity index (χ3n) is 2.91. The van der Waals surface area contributed by atoms with E-state index >= 15 is 0 Å². The second-order valence-electron chi connectivity index (χ2n) is 4.37. The molecule has 3 heteroatoms. The Hall–Kier alpha value is -0.570. The minimum absolute atomic E-state index is 0.199. The van der Waals surface area contributed by atoms with Crippen LogP contribution in [0.25, 0.3) is 0 Å². The van der Waals surface area contributed by atoms with Crippen molar-refractivity contribution in [3.8, 4) is 0 Å². The van der Waals surface area contributed by atoms with Crippen molar-refractivity contribution >= 4 is 5.97 Å². The lowest BCUT2D eigenvalue weighted by Crippen LogP contribution is -2.20. The summed E-state index contributed by atoms with van der Waals surface area (Å²) >= 11 is 0. The van der Waals surface area contributed by atoms with Gasteiger partial charge in [-0.05, 0) is 20.3 Å². The quantitative estimate of drug-likeness (QED) is 0.371. The summed E-state index contributed by atoms with van der Waals surface area (Å²) in [6.45, 7) is 6.45. The molecule has 1 saturated heterocycles. The number of carbonyl (C=O) groups excluding carboxylic acids is 1. The van der Waals surface area contributed by atoms with Gasteiger partial charge in [0.2, 0.25) is 0 Å². The SMILES string of the molecule is CCCCCCC1(C)OC1C(=O)OCC. The molecule has 0 radical (unpaired) electrons. The minimum atomic E-state index is -0.306. The van der Waals surface area contributed by atoms with Crippen LogP contribution in [0.15, 0.2) is 0 Å². The smallest absolute Gasteiger partial charge is 0.338 e. The van der Waals surface area contributed by atoms with E-state index in [0.29, 0.717) is 6.61 Å². The molecule has 1 fully saturated rings. The van der Waals surface area contributed by atoms with Gasteiger partial charge in [0.25, 0.3) is 0 Å². The average Bonchev–Trinajstić information content (AvgIpc) is 2.87. The summed E-state index contributed by atoms with van der Waals surface area (Å²) in [5.74, 6) is -0.199. The molecule has 88 valence electrons. The third-order valence-corrected chi connectivity index (χ3v) is 2.91. The highest BCUT2D eigenvalue weighted by molar-refractivity contribution is 5.79. The molecule has 0 bridgehead atoms. The molecule has 1 rings (SSSR count). The van der Waals surface area contributed by atoms with Gasteiger partial charge < -0.3 is 9.47 Å². The predicted octanol–water partition coefficient (Wildman–Crippen LogP) is 2.68. The Labute approximate surface area is 92.1 Å². The van der Waals surface area contributed by atoms with Gasteiger partial charge >= 0.3 is 5.97 Å². The van der Waals surface area contributed by atoms with E-state index in [1.54, 1.807) is 0 Å². The van der Waals surface area contributed by atoms with E-state index in [1.807, 2.05) is 13.8 Å². The maximum Gasteiger partial charge on any atom is 0.338 e. The van der Waals surface area contributed by atoms with Crippen molar-refractivity contribution in [1.29, 1.82) is 0 Å². The van der Waals surface area contributed by atoms with Gasteiger partial charge in [-0.3, -0.25) is 0 Å². The standard InChI is InChI=1S/C12H22O3/c1-4-6-7-8-9-12(3)10(15-12)11(13)14-5-2/h10H,4-9H2,1-3H3. The Bertz CT molecular complexity index is 215. The first-order valence-corrected chi connectivity index (χ1v) is 5.98. The van der Waals surface area contributed by atoms with Crippen LogP contribution in [-0.2, 0) is 14.3 Å². The fraction of sp³-hybridized carbons (Fsp3) is 0.917. The summed E-state index contributed by atoms with van der Waals surface area (Å²) < 4.78 is 10.3. The highest BCUT2D eigenvalue weighted by Crippen LogP contribution is 2.41. The van der Waals surface area contributed by atoms with Gasteiger partial charge in [-0.2, -0.15) is 0 Å². The molecular weight excluding hydrogens is 192 g/mol. The molecule has 0 N–H and O–H groups in total. The maximum atomic E-state index is 11.4. The van der Waals surface area contributed by atoms with Gasteiger partial charge in [-0.25, -0.2) is 4.79 Å². The van der Waals surface area contributed by atoms with E-state index in [4.69, 9.17) is 9.47 Å². The number of esters is 1. The molecule has 1 heterocycles. The average molecular weight is 214 g/mol. The Morgan fingerprint density at radius 2 is 2.07 bits per heavy atom. The zero-order valence-electron chi connectivity index (χ0n) is 10.0. The summed E-state index contributed by atoms with van der Waals surface area (Å²) in [5.41, 5.74) is -0.236. The van der Waals surface area contributed by atoms with E-state index in [0.717, 1.165) is 12.8 Å². The molecule has 2 atom stereocenters. The molecule has 1 aliphatic rings. The molecule has 0 aromatic heterocycles. The van der Waals surface area contributed by atoms with Crippen LogP contribution in [0.1, 0.15) is 52.9 Å².